The van der Waals surface area contributed by atoms with Crippen molar-refractivity contribution in [2.24, 2.45) is 0 Å². The molecule has 2 atom stereocenters. The van der Waals surface area contributed by atoms with E-state index in [0.717, 1.165) is 25.3 Å². The third-order valence-electron chi connectivity index (χ3n) is 7.28. The fraction of sp³-hybridized carbons (Fsp3) is 0.355. The lowest BCUT2D eigenvalue weighted by atomic mass is 9.94. The van der Waals surface area contributed by atoms with Crippen molar-refractivity contribution < 1.29 is 4.74 Å². The van der Waals surface area contributed by atoms with Crippen LogP contribution in [0.5, 0.6) is 0 Å². The van der Waals surface area contributed by atoms with E-state index in [1.807, 2.05) is 0 Å². The summed E-state index contributed by atoms with van der Waals surface area (Å²) in [6, 6.07) is 34.5. The first kappa shape index (κ1) is 23.7. The molecule has 0 radical (unpaired) electrons. The molecule has 0 saturated carbocycles. The fourth-order valence-electron chi connectivity index (χ4n) is 5.66. The normalized spacial score (nSPS) is 19.2. The molecule has 1 aliphatic rings. The van der Waals surface area contributed by atoms with Crippen LogP contribution in [0.4, 0.5) is 0 Å². The van der Waals surface area contributed by atoms with E-state index < -0.39 is 8.07 Å². The number of rotatable bonds is 7. The van der Waals surface area contributed by atoms with E-state index in [0.29, 0.717) is 6.10 Å². The van der Waals surface area contributed by atoms with Crippen LogP contribution in [-0.4, -0.2) is 20.3 Å². The number of benzene rings is 3. The number of ether oxygens (including phenoxy) is 1. The average Bonchev–Trinajstić information content (AvgIpc) is 2.83. The highest BCUT2D eigenvalue weighted by Gasteiger charge is 2.49. The summed E-state index contributed by atoms with van der Waals surface area (Å²) < 4.78 is 6.83. The van der Waals surface area contributed by atoms with Gasteiger partial charge >= 0.3 is 0 Å². The van der Waals surface area contributed by atoms with Gasteiger partial charge in [-0.05, 0) is 35.1 Å². The maximum absolute atomic E-state index is 6.83. The highest BCUT2D eigenvalue weighted by Crippen LogP contribution is 2.42. The molecule has 0 N–H and O–H groups in total. The van der Waals surface area contributed by atoms with E-state index in [-0.39, 0.29) is 11.1 Å². The van der Waals surface area contributed by atoms with E-state index >= 15 is 0 Å². The summed E-state index contributed by atoms with van der Waals surface area (Å²) in [4.78, 5) is 0. The fourth-order valence-corrected chi connectivity index (χ4v) is 11.1. The molecule has 1 aliphatic heterocycles. The lowest BCUT2D eigenvalue weighted by molar-refractivity contribution is 0.0127. The first-order valence-corrected chi connectivity index (χ1v) is 14.7. The molecule has 0 fully saturated rings. The lowest BCUT2D eigenvalue weighted by Crippen LogP contribution is -2.65. The smallest absolute Gasteiger partial charge is 0.126 e. The van der Waals surface area contributed by atoms with Gasteiger partial charge in [-0.1, -0.05) is 142 Å². The standard InChI is InChI=1S/C31H38OSi/c1-5-15-27-22-26(25-16-9-6-10-17-25)23-28(32-27)24-33(31(2,3)4,29-18-11-7-12-19-29)30-20-13-8-14-21-30/h6-14,16-21,23,27-28H,5,15,22,24H2,1-4H3/t27-,28-/m0/s1. The highest BCUT2D eigenvalue weighted by atomic mass is 28.3. The van der Waals surface area contributed by atoms with Gasteiger partial charge in [0, 0.05) is 0 Å². The summed E-state index contributed by atoms with van der Waals surface area (Å²) >= 11 is 0. The molecule has 2 heteroatoms. The molecule has 0 aromatic heterocycles. The second-order valence-corrected chi connectivity index (χ2v) is 15.3. The van der Waals surface area contributed by atoms with Crippen molar-refractivity contribution in [1.82, 2.24) is 0 Å². The Balaban J connectivity index is 1.83. The van der Waals surface area contributed by atoms with Gasteiger partial charge in [0.25, 0.3) is 0 Å². The van der Waals surface area contributed by atoms with Gasteiger partial charge in [0.1, 0.15) is 8.07 Å². The van der Waals surface area contributed by atoms with Crippen LogP contribution in [0.25, 0.3) is 5.57 Å². The van der Waals surface area contributed by atoms with Crippen molar-refractivity contribution in [2.45, 2.75) is 70.2 Å². The molecule has 0 amide bonds. The SMILES string of the molecule is CCC[C@H]1CC(c2ccccc2)=C[C@@H](C[Si](c2ccccc2)(c2ccccc2)C(C)(C)C)O1. The van der Waals surface area contributed by atoms with Crippen molar-refractivity contribution >= 4 is 24.0 Å². The van der Waals surface area contributed by atoms with Gasteiger partial charge in [-0.25, -0.2) is 0 Å². The second kappa shape index (κ2) is 10.2. The summed E-state index contributed by atoms with van der Waals surface area (Å²) in [6.45, 7) is 9.58. The van der Waals surface area contributed by atoms with Gasteiger partial charge in [0.2, 0.25) is 0 Å². The van der Waals surface area contributed by atoms with Crippen LogP contribution in [0.15, 0.2) is 97.1 Å². The molecular formula is C31H38OSi. The van der Waals surface area contributed by atoms with Crippen LogP contribution in [-0.2, 0) is 4.74 Å². The van der Waals surface area contributed by atoms with Crippen molar-refractivity contribution in [3.05, 3.63) is 103 Å². The van der Waals surface area contributed by atoms with Crippen LogP contribution < -0.4 is 10.4 Å². The molecule has 3 aromatic carbocycles. The van der Waals surface area contributed by atoms with Gasteiger partial charge in [0.15, 0.2) is 0 Å². The van der Waals surface area contributed by atoms with E-state index in [1.165, 1.54) is 21.5 Å². The Morgan fingerprint density at radius 2 is 1.30 bits per heavy atom. The molecule has 0 aliphatic carbocycles. The molecule has 33 heavy (non-hydrogen) atoms. The quantitative estimate of drug-likeness (QED) is 0.346. The number of hydrogen-bond donors (Lipinski definition) is 0. The lowest BCUT2D eigenvalue weighted by Gasteiger charge is -2.46. The highest BCUT2D eigenvalue weighted by molar-refractivity contribution is 7.04. The molecule has 0 spiro atoms. The van der Waals surface area contributed by atoms with E-state index in [2.05, 4.69) is 125 Å². The zero-order valence-corrected chi connectivity index (χ0v) is 21.6. The van der Waals surface area contributed by atoms with Crippen LogP contribution in [0.1, 0.15) is 52.5 Å². The van der Waals surface area contributed by atoms with Gasteiger partial charge in [0.05, 0.1) is 12.2 Å². The minimum Gasteiger partial charge on any atom is -0.371 e. The van der Waals surface area contributed by atoms with Crippen molar-refractivity contribution in [1.29, 1.82) is 0 Å². The molecule has 0 bridgehead atoms. The summed E-state index contributed by atoms with van der Waals surface area (Å²) in [7, 11) is -2.19. The van der Waals surface area contributed by atoms with Gasteiger partial charge in [-0.3, -0.25) is 0 Å². The average molecular weight is 455 g/mol. The molecule has 0 saturated heterocycles. The molecule has 1 nitrogen and oxygen atoms in total. The summed E-state index contributed by atoms with van der Waals surface area (Å²) in [5.41, 5.74) is 2.79. The summed E-state index contributed by atoms with van der Waals surface area (Å²) in [5.74, 6) is 0. The third kappa shape index (κ3) is 5.07. The largest absolute Gasteiger partial charge is 0.371 e. The van der Waals surface area contributed by atoms with Crippen molar-refractivity contribution in [2.75, 3.05) is 0 Å². The Morgan fingerprint density at radius 1 is 0.788 bits per heavy atom. The predicted octanol–water partition coefficient (Wildman–Crippen LogP) is 7.09. The Kier molecular flexibility index (Phi) is 7.36. The molecule has 1 heterocycles. The maximum atomic E-state index is 6.83. The van der Waals surface area contributed by atoms with Gasteiger partial charge in [-0.15, -0.1) is 0 Å². The predicted molar refractivity (Wildman–Crippen MR) is 145 cm³/mol. The van der Waals surface area contributed by atoms with Crippen LogP contribution in [0, 0.1) is 0 Å². The van der Waals surface area contributed by atoms with E-state index in [4.69, 9.17) is 4.74 Å². The first-order chi connectivity index (χ1) is 15.9. The Hall–Kier alpha value is -2.42. The van der Waals surface area contributed by atoms with E-state index in [9.17, 15) is 0 Å². The maximum Gasteiger partial charge on any atom is 0.126 e. The van der Waals surface area contributed by atoms with Crippen molar-refractivity contribution in [3.63, 3.8) is 0 Å². The molecule has 0 unspecified atom stereocenters. The molecule has 4 rings (SSSR count). The van der Waals surface area contributed by atoms with E-state index in [1.54, 1.807) is 0 Å². The topological polar surface area (TPSA) is 9.23 Å². The number of hydrogen-bond acceptors (Lipinski definition) is 1. The first-order valence-electron chi connectivity index (χ1n) is 12.5. The van der Waals surface area contributed by atoms with Gasteiger partial charge < -0.3 is 4.74 Å². The molecule has 3 aromatic rings. The zero-order valence-electron chi connectivity index (χ0n) is 20.6. The minimum atomic E-state index is -2.19. The Bertz CT molecular complexity index is 995. The molecular weight excluding hydrogens is 416 g/mol. The van der Waals surface area contributed by atoms with Crippen LogP contribution in [0.3, 0.4) is 0 Å². The van der Waals surface area contributed by atoms with Crippen LogP contribution >= 0.6 is 0 Å². The van der Waals surface area contributed by atoms with Crippen LogP contribution in [0.2, 0.25) is 11.1 Å². The monoisotopic (exact) mass is 454 g/mol. The van der Waals surface area contributed by atoms with Gasteiger partial charge in [-0.2, -0.15) is 0 Å². The molecule has 172 valence electrons. The third-order valence-corrected chi connectivity index (χ3v) is 13.5. The zero-order chi connectivity index (χ0) is 23.3. The summed E-state index contributed by atoms with van der Waals surface area (Å²) in [6.07, 6.45) is 6.13. The summed E-state index contributed by atoms with van der Waals surface area (Å²) in [5, 5.41) is 3.14. The Labute approximate surface area is 201 Å². The Morgan fingerprint density at radius 3 is 1.79 bits per heavy atom. The minimum absolute atomic E-state index is 0.122. The van der Waals surface area contributed by atoms with Crippen molar-refractivity contribution in [3.8, 4) is 0 Å². The second-order valence-electron chi connectivity index (χ2n) is 10.4.